The maximum absolute atomic E-state index is 11.8. The summed E-state index contributed by atoms with van der Waals surface area (Å²) in [6, 6.07) is 0. The van der Waals surface area contributed by atoms with E-state index in [4.69, 9.17) is 15.2 Å². The lowest BCUT2D eigenvalue weighted by atomic mass is 9.97. The maximum atomic E-state index is 11.8. The van der Waals surface area contributed by atoms with Crippen LogP contribution in [0.2, 0.25) is 0 Å². The Hall–Kier alpha value is -1.63. The van der Waals surface area contributed by atoms with Gasteiger partial charge in [-0.15, -0.1) is 5.10 Å². The van der Waals surface area contributed by atoms with Crippen LogP contribution in [0.25, 0.3) is 0 Å². The highest BCUT2D eigenvalue weighted by Crippen LogP contribution is 2.37. The molecule has 1 atom stereocenters. The molecule has 1 amide bonds. The third-order valence-electron chi connectivity index (χ3n) is 3.26. The summed E-state index contributed by atoms with van der Waals surface area (Å²) in [5.41, 5.74) is 5.11. The number of amides is 1. The van der Waals surface area contributed by atoms with Gasteiger partial charge in [-0.05, 0) is 19.8 Å². The molecule has 2 rings (SSSR count). The van der Waals surface area contributed by atoms with Crippen LogP contribution < -0.4 is 5.73 Å². The molecule has 2 saturated heterocycles. The zero-order valence-corrected chi connectivity index (χ0v) is 10.3. The first-order chi connectivity index (χ1) is 8.59. The highest BCUT2D eigenvalue weighted by Gasteiger charge is 2.48. The summed E-state index contributed by atoms with van der Waals surface area (Å²) >= 11 is 0. The van der Waals surface area contributed by atoms with Crippen molar-refractivity contribution in [3.63, 3.8) is 0 Å². The number of ether oxygens (including phenoxy) is 2. The van der Waals surface area contributed by atoms with Crippen molar-refractivity contribution in [2.75, 3.05) is 19.8 Å². The van der Waals surface area contributed by atoms with Crippen LogP contribution in [-0.2, 0) is 19.1 Å². The second kappa shape index (κ2) is 4.93. The van der Waals surface area contributed by atoms with E-state index in [9.17, 15) is 9.59 Å². The molecule has 0 aromatic rings. The number of carbonyl (C=O) groups excluding carboxylic acids is 2. The Bertz CT molecular complexity index is 388. The summed E-state index contributed by atoms with van der Waals surface area (Å²) in [7, 11) is 0. The van der Waals surface area contributed by atoms with Gasteiger partial charge in [0.1, 0.15) is 0 Å². The number of nitrogens with zero attached hydrogens (tertiary/aromatic N) is 2. The summed E-state index contributed by atoms with van der Waals surface area (Å²) in [5.74, 6) is -1.13. The molecule has 2 aliphatic rings. The monoisotopic (exact) mass is 255 g/mol. The normalized spacial score (nSPS) is 28.2. The van der Waals surface area contributed by atoms with E-state index in [1.165, 1.54) is 5.01 Å². The van der Waals surface area contributed by atoms with Crippen LogP contribution in [0.5, 0.6) is 0 Å². The fraction of sp³-hybridized carbons (Fsp3) is 0.727. The van der Waals surface area contributed by atoms with Gasteiger partial charge < -0.3 is 15.2 Å². The topological polar surface area (TPSA) is 94.2 Å². The van der Waals surface area contributed by atoms with Crippen LogP contribution in [0.4, 0.5) is 0 Å². The predicted octanol–water partition coefficient (Wildman–Crippen LogP) is -0.397. The molecule has 18 heavy (non-hydrogen) atoms. The Balaban J connectivity index is 2.17. The number of hydrazone groups is 1. The molecule has 0 aromatic heterocycles. The number of esters is 1. The highest BCUT2D eigenvalue weighted by atomic mass is 16.5. The lowest BCUT2D eigenvalue weighted by Gasteiger charge is -2.29. The quantitative estimate of drug-likeness (QED) is 0.412. The summed E-state index contributed by atoms with van der Waals surface area (Å²) in [6.45, 7) is 2.94. The van der Waals surface area contributed by atoms with Crippen molar-refractivity contribution < 1.29 is 19.1 Å². The third-order valence-corrected chi connectivity index (χ3v) is 3.26. The van der Waals surface area contributed by atoms with Gasteiger partial charge in [-0.3, -0.25) is 4.79 Å². The van der Waals surface area contributed by atoms with Crippen molar-refractivity contribution >= 4 is 17.7 Å². The van der Waals surface area contributed by atoms with Gasteiger partial charge >= 0.3 is 5.97 Å². The number of nitrogens with two attached hydrogens (primary N) is 1. The number of carbonyl (C=O) groups is 2. The number of amidine groups is 1. The number of hydrogen-bond donors (Lipinski definition) is 1. The molecule has 0 aromatic carbocycles. The average Bonchev–Trinajstić information content (AvgIpc) is 2.93. The van der Waals surface area contributed by atoms with Crippen LogP contribution in [0.15, 0.2) is 5.10 Å². The van der Waals surface area contributed by atoms with E-state index in [-0.39, 0.29) is 18.3 Å². The number of rotatable bonds is 2. The second-order valence-corrected chi connectivity index (χ2v) is 4.44. The molecule has 0 radical (unpaired) electrons. The molecular formula is C11H17N3O4. The average molecular weight is 255 g/mol. The lowest BCUT2D eigenvalue weighted by Crippen LogP contribution is -2.45. The van der Waals surface area contributed by atoms with Gasteiger partial charge in [-0.2, -0.15) is 0 Å². The molecule has 7 heteroatoms. The zero-order chi connectivity index (χ0) is 13.2. The Kier molecular flexibility index (Phi) is 3.51. The first-order valence-corrected chi connectivity index (χ1v) is 6.01. The molecular weight excluding hydrogens is 238 g/mol. The molecule has 2 aliphatic heterocycles. The van der Waals surface area contributed by atoms with Crippen LogP contribution in [0.1, 0.15) is 26.2 Å². The van der Waals surface area contributed by atoms with E-state index in [0.29, 0.717) is 26.1 Å². The zero-order valence-electron chi connectivity index (χ0n) is 10.3. The van der Waals surface area contributed by atoms with Gasteiger partial charge in [-0.1, -0.05) is 0 Å². The van der Waals surface area contributed by atoms with E-state index in [1.807, 2.05) is 0 Å². The van der Waals surface area contributed by atoms with Gasteiger partial charge in [0.25, 0.3) is 0 Å². The molecule has 1 unspecified atom stereocenters. The largest absolute Gasteiger partial charge is 0.460 e. The van der Waals surface area contributed by atoms with Gasteiger partial charge in [-0.25, -0.2) is 9.80 Å². The molecule has 2 N–H and O–H groups in total. The van der Waals surface area contributed by atoms with Crippen molar-refractivity contribution in [1.29, 1.82) is 0 Å². The molecule has 2 heterocycles. The summed E-state index contributed by atoms with van der Waals surface area (Å²) < 4.78 is 10.1. The van der Waals surface area contributed by atoms with Gasteiger partial charge in [0.15, 0.2) is 0 Å². The Morgan fingerprint density at radius 2 is 2.39 bits per heavy atom. The van der Waals surface area contributed by atoms with Crippen LogP contribution in [0, 0.1) is 0 Å². The van der Waals surface area contributed by atoms with E-state index >= 15 is 0 Å². The van der Waals surface area contributed by atoms with Gasteiger partial charge in [0.2, 0.25) is 11.7 Å². The van der Waals surface area contributed by atoms with E-state index < -0.39 is 11.5 Å². The van der Waals surface area contributed by atoms with Crippen molar-refractivity contribution in [3.05, 3.63) is 0 Å². The predicted molar refractivity (Wildman–Crippen MR) is 62.5 cm³/mol. The van der Waals surface area contributed by atoms with E-state index in [2.05, 4.69) is 5.10 Å². The first-order valence-electron chi connectivity index (χ1n) is 6.01. The SMILES string of the molecule is CCOC(=O)/C(N)=N/N1C(=O)CCC12CCOC2. The minimum atomic E-state index is -0.703. The van der Waals surface area contributed by atoms with Crippen molar-refractivity contribution in [2.45, 2.75) is 31.7 Å². The van der Waals surface area contributed by atoms with Crippen molar-refractivity contribution in [3.8, 4) is 0 Å². The van der Waals surface area contributed by atoms with Crippen molar-refractivity contribution in [1.82, 2.24) is 5.01 Å². The Labute approximate surface area is 105 Å². The Morgan fingerprint density at radius 1 is 1.61 bits per heavy atom. The second-order valence-electron chi connectivity index (χ2n) is 4.44. The molecule has 7 nitrogen and oxygen atoms in total. The molecule has 0 aliphatic carbocycles. The van der Waals surface area contributed by atoms with Crippen molar-refractivity contribution in [2.24, 2.45) is 10.8 Å². The Morgan fingerprint density at radius 3 is 3.00 bits per heavy atom. The molecule has 100 valence electrons. The summed E-state index contributed by atoms with van der Waals surface area (Å²) in [4.78, 5) is 23.2. The lowest BCUT2D eigenvalue weighted by molar-refractivity contribution is -0.135. The maximum Gasteiger partial charge on any atom is 0.375 e. The van der Waals surface area contributed by atoms with Crippen LogP contribution in [-0.4, -0.2) is 48.1 Å². The summed E-state index contributed by atoms with van der Waals surface area (Å²) in [6.07, 6.45) is 1.81. The van der Waals surface area contributed by atoms with Crippen LogP contribution in [0.3, 0.4) is 0 Å². The smallest absolute Gasteiger partial charge is 0.375 e. The number of hydrogen-bond acceptors (Lipinski definition) is 5. The van der Waals surface area contributed by atoms with Gasteiger partial charge in [0, 0.05) is 13.0 Å². The minimum Gasteiger partial charge on any atom is -0.460 e. The fourth-order valence-corrected chi connectivity index (χ4v) is 2.29. The molecule has 1 spiro atoms. The fourth-order valence-electron chi connectivity index (χ4n) is 2.29. The highest BCUT2D eigenvalue weighted by molar-refractivity contribution is 6.34. The first kappa shape index (κ1) is 12.8. The summed E-state index contributed by atoms with van der Waals surface area (Å²) in [5, 5.41) is 5.25. The molecule has 0 bridgehead atoms. The van der Waals surface area contributed by atoms with Gasteiger partial charge in [0.05, 0.1) is 18.8 Å². The van der Waals surface area contributed by atoms with E-state index in [1.54, 1.807) is 6.92 Å². The van der Waals surface area contributed by atoms with E-state index in [0.717, 1.165) is 6.42 Å². The molecule has 0 saturated carbocycles. The third kappa shape index (κ3) is 2.17. The molecule has 2 fully saturated rings. The minimum absolute atomic E-state index is 0.132. The standard InChI is InChI=1S/C11H17N3O4/c1-2-18-10(16)9(12)13-14-8(15)3-4-11(14)5-6-17-7-11/h2-7H2,1H3,(H2,12,13). The van der Waals surface area contributed by atoms with Crippen LogP contribution >= 0.6 is 0 Å².